The van der Waals surface area contributed by atoms with Crippen LogP contribution in [0, 0.1) is 5.92 Å². The van der Waals surface area contributed by atoms with Gasteiger partial charge in [0.1, 0.15) is 5.92 Å². The number of rotatable bonds is 7. The molecule has 3 rings (SSSR count). The van der Waals surface area contributed by atoms with E-state index in [1.54, 1.807) is 37.8 Å². The van der Waals surface area contributed by atoms with Gasteiger partial charge in [-0.15, -0.1) is 0 Å². The Morgan fingerprint density at radius 1 is 1.25 bits per heavy atom. The summed E-state index contributed by atoms with van der Waals surface area (Å²) in [6.07, 6.45) is 5.89. The minimum Gasteiger partial charge on any atom is -0.341 e. The van der Waals surface area contributed by atoms with E-state index in [2.05, 4.69) is 4.98 Å². The molecular weight excluding hydrogens is 403 g/mol. The maximum atomic E-state index is 12.7. The Bertz CT molecular complexity index is 885. The molecule has 28 heavy (non-hydrogen) atoms. The average molecular weight is 423 g/mol. The molecule has 0 radical (unpaired) electrons. The van der Waals surface area contributed by atoms with Gasteiger partial charge in [-0.3, -0.25) is 14.4 Å². The minimum absolute atomic E-state index is 0.117. The van der Waals surface area contributed by atoms with E-state index in [1.807, 2.05) is 10.8 Å². The topological polar surface area (TPSA) is 75.5 Å². The van der Waals surface area contributed by atoms with Crippen LogP contribution < -0.4 is 0 Å². The fourth-order valence-corrected chi connectivity index (χ4v) is 3.51. The Balaban J connectivity index is 1.57. The van der Waals surface area contributed by atoms with Crippen LogP contribution in [-0.4, -0.2) is 57.1 Å². The summed E-state index contributed by atoms with van der Waals surface area (Å²) in [5, 5.41) is 0.832. The first-order valence-electron chi connectivity index (χ1n) is 8.84. The third-order valence-electron chi connectivity index (χ3n) is 4.70. The molecule has 2 heterocycles. The van der Waals surface area contributed by atoms with Crippen LogP contribution >= 0.6 is 23.2 Å². The highest BCUT2D eigenvalue weighted by Gasteiger charge is 2.43. The first-order chi connectivity index (χ1) is 13.4. The molecular formula is C19H20Cl2N4O3. The largest absolute Gasteiger partial charge is 0.341 e. The van der Waals surface area contributed by atoms with Crippen molar-refractivity contribution in [2.75, 3.05) is 20.1 Å². The summed E-state index contributed by atoms with van der Waals surface area (Å²) in [6, 6.07) is 5.10. The van der Waals surface area contributed by atoms with Crippen molar-refractivity contribution in [2.45, 2.75) is 19.5 Å². The van der Waals surface area contributed by atoms with Crippen molar-refractivity contribution in [2.24, 2.45) is 5.92 Å². The zero-order valence-electron chi connectivity index (χ0n) is 15.3. The summed E-state index contributed by atoms with van der Waals surface area (Å²) in [5.41, 5.74) is 0.791. The van der Waals surface area contributed by atoms with Gasteiger partial charge in [0.25, 0.3) is 5.91 Å². The molecule has 2 amide bonds. The Kier molecular flexibility index (Phi) is 6.36. The van der Waals surface area contributed by atoms with Crippen LogP contribution in [0.5, 0.6) is 0 Å². The Morgan fingerprint density at radius 2 is 2.04 bits per heavy atom. The highest BCUT2D eigenvalue weighted by Crippen LogP contribution is 2.24. The summed E-state index contributed by atoms with van der Waals surface area (Å²) in [7, 11) is 1.60. The molecule has 7 nitrogen and oxygen atoms in total. The first-order valence-corrected chi connectivity index (χ1v) is 9.60. The maximum absolute atomic E-state index is 12.7. The summed E-state index contributed by atoms with van der Waals surface area (Å²) in [6.45, 7) is 1.50. The smallest absolute Gasteiger partial charge is 0.290 e. The molecule has 1 saturated heterocycles. The number of benzene rings is 1. The molecule has 0 saturated carbocycles. The molecule has 148 valence electrons. The molecule has 9 heteroatoms. The third kappa shape index (κ3) is 4.54. The second-order valence-electron chi connectivity index (χ2n) is 6.76. The standard InChI is InChI=1S/C19H20Cl2N4O3/c1-23(10-13-3-4-15(20)16(21)9-13)18(27)14-11-25(19(28)17(14)26)7-2-6-24-8-5-22-12-24/h3-5,8-9,12,14H,2,6-7,10-11H2,1H3. The lowest BCUT2D eigenvalue weighted by molar-refractivity contribution is -0.144. The van der Waals surface area contributed by atoms with Crippen molar-refractivity contribution in [1.82, 2.24) is 19.4 Å². The Labute approximate surface area is 172 Å². The fourth-order valence-electron chi connectivity index (χ4n) is 3.19. The van der Waals surface area contributed by atoms with E-state index in [1.165, 1.54) is 9.80 Å². The van der Waals surface area contributed by atoms with E-state index in [0.717, 1.165) is 5.56 Å². The molecule has 1 aliphatic rings. The van der Waals surface area contributed by atoms with E-state index in [0.29, 0.717) is 29.6 Å². The van der Waals surface area contributed by atoms with Gasteiger partial charge < -0.3 is 14.4 Å². The molecule has 2 aromatic rings. The van der Waals surface area contributed by atoms with Crippen LogP contribution in [0.15, 0.2) is 36.9 Å². The molecule has 1 unspecified atom stereocenters. The van der Waals surface area contributed by atoms with Crippen LogP contribution in [0.1, 0.15) is 12.0 Å². The zero-order valence-corrected chi connectivity index (χ0v) is 16.9. The predicted octanol–water partition coefficient (Wildman–Crippen LogP) is 2.27. The Morgan fingerprint density at radius 3 is 2.71 bits per heavy atom. The highest BCUT2D eigenvalue weighted by molar-refractivity contribution is 6.42. The number of hydrogen-bond acceptors (Lipinski definition) is 4. The van der Waals surface area contributed by atoms with E-state index >= 15 is 0 Å². The molecule has 0 bridgehead atoms. The van der Waals surface area contributed by atoms with Crippen molar-refractivity contribution in [3.05, 3.63) is 52.5 Å². The number of Topliss-reactive ketones (excluding diaryl/α,β-unsaturated/α-hetero) is 1. The van der Waals surface area contributed by atoms with Gasteiger partial charge >= 0.3 is 0 Å². The van der Waals surface area contributed by atoms with E-state index in [4.69, 9.17) is 23.2 Å². The summed E-state index contributed by atoms with van der Waals surface area (Å²) in [4.78, 5) is 44.1. The highest BCUT2D eigenvalue weighted by atomic mass is 35.5. The average Bonchev–Trinajstić information content (AvgIpc) is 3.28. The first kappa shape index (κ1) is 20.4. The number of likely N-dealkylation sites (tertiary alicyclic amines) is 1. The zero-order chi connectivity index (χ0) is 20.3. The fraction of sp³-hybridized carbons (Fsp3) is 0.368. The molecule has 1 fully saturated rings. The van der Waals surface area contributed by atoms with Gasteiger partial charge in [-0.1, -0.05) is 29.3 Å². The van der Waals surface area contributed by atoms with E-state index in [-0.39, 0.29) is 19.0 Å². The number of carbonyl (C=O) groups is 3. The quantitative estimate of drug-likeness (QED) is 0.506. The summed E-state index contributed by atoms with van der Waals surface area (Å²) >= 11 is 11.9. The number of carbonyl (C=O) groups excluding carboxylic acids is 3. The van der Waals surface area contributed by atoms with Crippen LogP contribution in [0.2, 0.25) is 10.0 Å². The van der Waals surface area contributed by atoms with Crippen molar-refractivity contribution < 1.29 is 14.4 Å². The van der Waals surface area contributed by atoms with Gasteiger partial charge in [0.2, 0.25) is 11.7 Å². The molecule has 1 atom stereocenters. The molecule has 1 aromatic carbocycles. The van der Waals surface area contributed by atoms with Gasteiger partial charge in [-0.05, 0) is 24.1 Å². The van der Waals surface area contributed by atoms with Gasteiger partial charge in [-0.2, -0.15) is 0 Å². The van der Waals surface area contributed by atoms with Crippen molar-refractivity contribution in [3.63, 3.8) is 0 Å². The van der Waals surface area contributed by atoms with Crippen molar-refractivity contribution in [3.8, 4) is 0 Å². The predicted molar refractivity (Wildman–Crippen MR) is 105 cm³/mol. The lowest BCUT2D eigenvalue weighted by Gasteiger charge is -2.21. The lowest BCUT2D eigenvalue weighted by Crippen LogP contribution is -2.36. The SMILES string of the molecule is CN(Cc1ccc(Cl)c(Cl)c1)C(=O)C1CN(CCCn2ccnc2)C(=O)C1=O. The monoisotopic (exact) mass is 422 g/mol. The Hall–Kier alpha value is -2.38. The number of halogens is 2. The number of amides is 2. The number of aromatic nitrogens is 2. The number of aryl methyl sites for hydroxylation is 1. The normalized spacial score (nSPS) is 16.7. The van der Waals surface area contributed by atoms with Gasteiger partial charge in [0.05, 0.1) is 16.4 Å². The number of nitrogens with zero attached hydrogens (tertiary/aromatic N) is 4. The van der Waals surface area contributed by atoms with Crippen molar-refractivity contribution >= 4 is 40.8 Å². The minimum atomic E-state index is -0.964. The third-order valence-corrected chi connectivity index (χ3v) is 5.44. The van der Waals surface area contributed by atoms with Gasteiger partial charge in [-0.25, -0.2) is 4.98 Å². The lowest BCUT2D eigenvalue weighted by atomic mass is 10.1. The van der Waals surface area contributed by atoms with Gasteiger partial charge in [0.15, 0.2) is 0 Å². The number of ketones is 1. The van der Waals surface area contributed by atoms with E-state index < -0.39 is 17.6 Å². The van der Waals surface area contributed by atoms with Crippen LogP contribution in [-0.2, 0) is 27.5 Å². The summed E-state index contributed by atoms with van der Waals surface area (Å²) in [5.74, 6) is -2.57. The van der Waals surface area contributed by atoms with Crippen LogP contribution in [0.4, 0.5) is 0 Å². The molecule has 0 N–H and O–H groups in total. The number of imidazole rings is 1. The van der Waals surface area contributed by atoms with Gasteiger partial charge in [0, 0.05) is 45.6 Å². The number of hydrogen-bond donors (Lipinski definition) is 0. The molecule has 1 aliphatic heterocycles. The van der Waals surface area contributed by atoms with Crippen LogP contribution in [0.25, 0.3) is 0 Å². The molecule has 1 aromatic heterocycles. The molecule has 0 spiro atoms. The maximum Gasteiger partial charge on any atom is 0.290 e. The van der Waals surface area contributed by atoms with E-state index in [9.17, 15) is 14.4 Å². The van der Waals surface area contributed by atoms with Crippen LogP contribution in [0.3, 0.4) is 0 Å². The second kappa shape index (κ2) is 8.75. The van der Waals surface area contributed by atoms with Crippen molar-refractivity contribution in [1.29, 1.82) is 0 Å². The second-order valence-corrected chi connectivity index (χ2v) is 7.58. The summed E-state index contributed by atoms with van der Waals surface area (Å²) < 4.78 is 1.90. The molecule has 0 aliphatic carbocycles.